The second-order valence-corrected chi connectivity index (χ2v) is 4.98. The monoisotopic (exact) mass is 276 g/mol. The molecule has 114 valence electrons. The summed E-state index contributed by atoms with van der Waals surface area (Å²) in [6.07, 6.45) is 4.00. The molecule has 1 rings (SSSR count). The molecular weight excluding hydrogens is 248 g/mol. The van der Waals surface area contributed by atoms with Crippen LogP contribution in [-0.2, 0) is 18.9 Å². The first-order chi connectivity index (χ1) is 9.33. The van der Waals surface area contributed by atoms with Crippen molar-refractivity contribution in [1.82, 2.24) is 0 Å². The molecule has 5 heteroatoms. The van der Waals surface area contributed by atoms with Crippen LogP contribution in [0.1, 0.15) is 25.7 Å². The van der Waals surface area contributed by atoms with Crippen molar-refractivity contribution in [3.8, 4) is 0 Å². The zero-order valence-electron chi connectivity index (χ0n) is 12.0. The minimum Gasteiger partial charge on any atom is -0.393 e. The smallest absolute Gasteiger partial charge is 0.0701 e. The Kier molecular flexibility index (Phi) is 10.3. The number of rotatable bonds is 11. The number of methoxy groups -OCH3 is 1. The molecule has 1 N–H and O–H groups in total. The van der Waals surface area contributed by atoms with Gasteiger partial charge in [0.25, 0.3) is 0 Å². The maximum Gasteiger partial charge on any atom is 0.0701 e. The molecule has 0 aliphatic heterocycles. The van der Waals surface area contributed by atoms with E-state index < -0.39 is 0 Å². The molecule has 0 spiro atoms. The van der Waals surface area contributed by atoms with E-state index in [1.807, 2.05) is 0 Å². The fourth-order valence-corrected chi connectivity index (χ4v) is 2.25. The van der Waals surface area contributed by atoms with Crippen LogP contribution in [0.5, 0.6) is 0 Å². The Bertz CT molecular complexity index is 200. The maximum atomic E-state index is 9.54. The van der Waals surface area contributed by atoms with Gasteiger partial charge < -0.3 is 24.1 Å². The molecule has 0 bridgehead atoms. The normalized spacial score (nSPS) is 23.7. The molecule has 0 aromatic heterocycles. The lowest BCUT2D eigenvalue weighted by Gasteiger charge is -2.25. The van der Waals surface area contributed by atoms with Gasteiger partial charge in [0.1, 0.15) is 0 Å². The zero-order chi connectivity index (χ0) is 13.8. The van der Waals surface area contributed by atoms with E-state index in [1.54, 1.807) is 7.11 Å². The summed E-state index contributed by atoms with van der Waals surface area (Å²) in [5.41, 5.74) is 0. The Morgan fingerprint density at radius 3 is 2.16 bits per heavy atom. The number of aliphatic hydroxyl groups excluding tert-OH is 1. The molecule has 0 amide bonds. The van der Waals surface area contributed by atoms with Gasteiger partial charge in [-0.3, -0.25) is 0 Å². The lowest BCUT2D eigenvalue weighted by molar-refractivity contribution is -0.00947. The third-order valence-corrected chi connectivity index (χ3v) is 3.28. The summed E-state index contributed by atoms with van der Waals surface area (Å²) >= 11 is 0. The van der Waals surface area contributed by atoms with Crippen LogP contribution in [0.15, 0.2) is 0 Å². The first-order valence-corrected chi connectivity index (χ1v) is 7.23. The van der Waals surface area contributed by atoms with Crippen LogP contribution in [0.25, 0.3) is 0 Å². The number of ether oxygens (including phenoxy) is 4. The SMILES string of the molecule is COCCOCCOCCOCC1CCCC(O)C1. The quantitative estimate of drug-likeness (QED) is 0.575. The van der Waals surface area contributed by atoms with Crippen LogP contribution in [-0.4, -0.2) is 64.6 Å². The Morgan fingerprint density at radius 2 is 1.53 bits per heavy atom. The van der Waals surface area contributed by atoms with Crippen molar-refractivity contribution in [3.63, 3.8) is 0 Å². The van der Waals surface area contributed by atoms with Gasteiger partial charge in [-0.15, -0.1) is 0 Å². The maximum absolute atomic E-state index is 9.54. The van der Waals surface area contributed by atoms with Gasteiger partial charge in [0.15, 0.2) is 0 Å². The number of aliphatic hydroxyl groups is 1. The van der Waals surface area contributed by atoms with Crippen LogP contribution in [0.2, 0.25) is 0 Å². The van der Waals surface area contributed by atoms with Crippen molar-refractivity contribution >= 4 is 0 Å². The minimum atomic E-state index is -0.122. The first-order valence-electron chi connectivity index (χ1n) is 7.23. The molecular formula is C14H28O5. The second kappa shape index (κ2) is 11.6. The van der Waals surface area contributed by atoms with Crippen molar-refractivity contribution in [2.45, 2.75) is 31.8 Å². The van der Waals surface area contributed by atoms with Crippen LogP contribution in [0.4, 0.5) is 0 Å². The highest BCUT2D eigenvalue weighted by Crippen LogP contribution is 2.24. The number of hydrogen-bond acceptors (Lipinski definition) is 5. The van der Waals surface area contributed by atoms with Gasteiger partial charge in [-0.1, -0.05) is 6.42 Å². The van der Waals surface area contributed by atoms with Crippen LogP contribution >= 0.6 is 0 Å². The molecule has 1 aliphatic rings. The summed E-state index contributed by atoms with van der Waals surface area (Å²) in [6, 6.07) is 0. The average molecular weight is 276 g/mol. The first kappa shape index (κ1) is 16.9. The van der Waals surface area contributed by atoms with Crippen molar-refractivity contribution in [2.75, 3.05) is 53.4 Å². The molecule has 2 atom stereocenters. The van der Waals surface area contributed by atoms with Crippen molar-refractivity contribution < 1.29 is 24.1 Å². The highest BCUT2D eigenvalue weighted by atomic mass is 16.6. The van der Waals surface area contributed by atoms with Gasteiger partial charge in [0.05, 0.1) is 45.7 Å². The summed E-state index contributed by atoms with van der Waals surface area (Å²) in [4.78, 5) is 0. The van der Waals surface area contributed by atoms with E-state index in [1.165, 1.54) is 6.42 Å². The molecule has 5 nitrogen and oxygen atoms in total. The molecule has 0 radical (unpaired) electrons. The van der Waals surface area contributed by atoms with Crippen LogP contribution in [0, 0.1) is 5.92 Å². The second-order valence-electron chi connectivity index (χ2n) is 4.98. The van der Waals surface area contributed by atoms with Gasteiger partial charge in [-0.2, -0.15) is 0 Å². The highest BCUT2D eigenvalue weighted by molar-refractivity contribution is 4.71. The fourth-order valence-electron chi connectivity index (χ4n) is 2.25. The van der Waals surface area contributed by atoms with Crippen LogP contribution < -0.4 is 0 Å². The molecule has 2 unspecified atom stereocenters. The van der Waals surface area contributed by atoms with Gasteiger partial charge >= 0.3 is 0 Å². The Labute approximate surface area is 116 Å². The molecule has 0 saturated heterocycles. The van der Waals surface area contributed by atoms with E-state index in [4.69, 9.17) is 18.9 Å². The molecule has 19 heavy (non-hydrogen) atoms. The minimum absolute atomic E-state index is 0.122. The predicted octanol–water partition coefficient (Wildman–Crippen LogP) is 1.23. The third kappa shape index (κ3) is 9.35. The van der Waals surface area contributed by atoms with Crippen molar-refractivity contribution in [1.29, 1.82) is 0 Å². The molecule has 0 aromatic carbocycles. The van der Waals surface area contributed by atoms with Gasteiger partial charge in [-0.25, -0.2) is 0 Å². The van der Waals surface area contributed by atoms with E-state index >= 15 is 0 Å². The molecule has 1 aliphatic carbocycles. The lowest BCUT2D eigenvalue weighted by atomic mass is 9.88. The molecule has 0 aromatic rings. The van der Waals surface area contributed by atoms with E-state index in [0.717, 1.165) is 25.9 Å². The van der Waals surface area contributed by atoms with Crippen LogP contribution in [0.3, 0.4) is 0 Å². The highest BCUT2D eigenvalue weighted by Gasteiger charge is 2.19. The largest absolute Gasteiger partial charge is 0.393 e. The van der Waals surface area contributed by atoms with Crippen molar-refractivity contribution in [3.05, 3.63) is 0 Å². The van der Waals surface area contributed by atoms with E-state index in [2.05, 4.69) is 0 Å². The summed E-state index contributed by atoms with van der Waals surface area (Å²) < 4.78 is 21.1. The summed E-state index contributed by atoms with van der Waals surface area (Å²) in [6.45, 7) is 4.38. The standard InChI is InChI=1S/C14H28O5/c1-16-5-6-17-7-8-18-9-10-19-12-13-3-2-4-14(15)11-13/h13-15H,2-12H2,1H3. The fraction of sp³-hybridized carbons (Fsp3) is 1.00. The van der Waals surface area contributed by atoms with Gasteiger partial charge in [0.2, 0.25) is 0 Å². The Balaban J connectivity index is 1.78. The van der Waals surface area contributed by atoms with E-state index in [-0.39, 0.29) is 6.10 Å². The van der Waals surface area contributed by atoms with E-state index in [0.29, 0.717) is 45.6 Å². The summed E-state index contributed by atoms with van der Waals surface area (Å²) in [5, 5.41) is 9.54. The van der Waals surface area contributed by atoms with Gasteiger partial charge in [0, 0.05) is 13.7 Å². The molecule has 1 saturated carbocycles. The summed E-state index contributed by atoms with van der Waals surface area (Å²) in [5.74, 6) is 0.515. The zero-order valence-corrected chi connectivity index (χ0v) is 12.0. The average Bonchev–Trinajstić information content (AvgIpc) is 2.41. The number of hydrogen-bond donors (Lipinski definition) is 1. The summed E-state index contributed by atoms with van der Waals surface area (Å²) in [7, 11) is 1.66. The molecule has 1 fully saturated rings. The molecule has 0 heterocycles. The van der Waals surface area contributed by atoms with E-state index in [9.17, 15) is 5.11 Å². The third-order valence-electron chi connectivity index (χ3n) is 3.28. The Morgan fingerprint density at radius 1 is 0.895 bits per heavy atom. The van der Waals surface area contributed by atoms with Gasteiger partial charge in [-0.05, 0) is 25.2 Å². The lowest BCUT2D eigenvalue weighted by Crippen LogP contribution is -2.23. The Hall–Kier alpha value is -0.200. The topological polar surface area (TPSA) is 57.2 Å². The predicted molar refractivity (Wildman–Crippen MR) is 72.3 cm³/mol. The van der Waals surface area contributed by atoms with Crippen molar-refractivity contribution in [2.24, 2.45) is 5.92 Å².